The summed E-state index contributed by atoms with van der Waals surface area (Å²) in [6, 6.07) is 0. The van der Waals surface area contributed by atoms with Crippen LogP contribution in [0.25, 0.3) is 0 Å². The molecule has 0 aliphatic carbocycles. The molecule has 326 valence electrons. The fourth-order valence-electron chi connectivity index (χ4n) is 5.30. The molecule has 0 radical (unpaired) electrons. The van der Waals surface area contributed by atoms with Gasteiger partial charge < -0.3 is 14.2 Å². The van der Waals surface area contributed by atoms with Gasteiger partial charge in [0.15, 0.2) is 6.10 Å². The van der Waals surface area contributed by atoms with Crippen LogP contribution in [-0.2, 0) is 28.6 Å². The molecule has 0 fully saturated rings. The molecule has 1 atom stereocenters. The summed E-state index contributed by atoms with van der Waals surface area (Å²) in [4.78, 5) is 37.8. The number of ether oxygens (including phenoxy) is 3. The van der Waals surface area contributed by atoms with Crippen molar-refractivity contribution in [2.24, 2.45) is 0 Å². The molecule has 0 saturated heterocycles. The van der Waals surface area contributed by atoms with Crippen molar-refractivity contribution in [3.63, 3.8) is 0 Å². The van der Waals surface area contributed by atoms with Gasteiger partial charge in [-0.2, -0.15) is 0 Å². The van der Waals surface area contributed by atoms with Gasteiger partial charge in [-0.25, -0.2) is 0 Å². The largest absolute Gasteiger partial charge is 0.462 e. The van der Waals surface area contributed by atoms with E-state index < -0.39 is 12.1 Å². The van der Waals surface area contributed by atoms with E-state index >= 15 is 0 Å². The van der Waals surface area contributed by atoms with Gasteiger partial charge in [0.2, 0.25) is 0 Å². The Morgan fingerprint density at radius 2 is 0.627 bits per heavy atom. The minimum absolute atomic E-state index is 0.133. The third-order valence-electron chi connectivity index (χ3n) is 8.60. The zero-order valence-corrected chi connectivity index (χ0v) is 36.9. The van der Waals surface area contributed by atoms with Crippen molar-refractivity contribution in [3.8, 4) is 0 Å². The lowest BCUT2D eigenvalue weighted by Gasteiger charge is -2.18. The lowest BCUT2D eigenvalue weighted by atomic mass is 10.1. The Morgan fingerprint density at radius 1 is 0.339 bits per heavy atom. The van der Waals surface area contributed by atoms with Gasteiger partial charge >= 0.3 is 17.9 Å². The second-order valence-corrected chi connectivity index (χ2v) is 14.1. The summed E-state index contributed by atoms with van der Waals surface area (Å²) >= 11 is 0. The van der Waals surface area contributed by atoms with Gasteiger partial charge in [-0.05, 0) is 70.6 Å². The molecule has 6 nitrogen and oxygen atoms in total. The number of hydrogen-bond acceptors (Lipinski definition) is 6. The summed E-state index contributed by atoms with van der Waals surface area (Å²) in [6.45, 7) is 6.07. The van der Waals surface area contributed by atoms with Crippen LogP contribution in [0.15, 0.2) is 146 Å². The molecule has 0 aliphatic heterocycles. The van der Waals surface area contributed by atoms with Crippen molar-refractivity contribution in [1.29, 1.82) is 0 Å². The summed E-state index contributed by atoms with van der Waals surface area (Å²) < 4.78 is 16.6. The molecule has 0 bridgehead atoms. The van der Waals surface area contributed by atoms with Crippen LogP contribution < -0.4 is 0 Å². The first kappa shape index (κ1) is 54.3. The molecule has 0 amide bonds. The van der Waals surface area contributed by atoms with Crippen LogP contribution >= 0.6 is 0 Å². The van der Waals surface area contributed by atoms with E-state index in [-0.39, 0.29) is 31.6 Å². The Hall–Kier alpha value is -4.71. The van der Waals surface area contributed by atoms with Crippen molar-refractivity contribution in [3.05, 3.63) is 146 Å². The number of unbranched alkanes of at least 4 members (excludes halogenated alkanes) is 11. The normalized spacial score (nSPS) is 13.5. The van der Waals surface area contributed by atoms with Crippen molar-refractivity contribution >= 4 is 17.9 Å². The fourth-order valence-corrected chi connectivity index (χ4v) is 5.30. The van der Waals surface area contributed by atoms with Gasteiger partial charge in [0.1, 0.15) is 13.2 Å². The van der Waals surface area contributed by atoms with E-state index in [4.69, 9.17) is 14.2 Å². The number of rotatable bonds is 37. The standard InChI is InChI=1S/C53H78O6/c1-4-7-10-13-16-19-22-25-26-29-31-34-37-40-43-46-52(55)58-49-50(59-53(56)47-44-41-38-35-32-28-24-21-18-15-12-9-6-3)48-57-51(54)45-42-39-36-33-30-27-23-20-17-14-11-8-5-2/h7-26,28,32,35,38,50H,4-6,27,29-31,33-34,36-37,39-49H2,1-3H3/b10-7-,11-8-,12-9-,16-13-,17-14-,18-15-,22-19-,23-20-,24-21-,26-25-,32-28-,38-35-. The molecule has 59 heavy (non-hydrogen) atoms. The smallest absolute Gasteiger partial charge is 0.306 e. The number of carbonyl (C=O) groups is 3. The van der Waals surface area contributed by atoms with Gasteiger partial charge in [-0.15, -0.1) is 0 Å². The van der Waals surface area contributed by atoms with Crippen LogP contribution in [0, 0.1) is 0 Å². The SMILES string of the molecule is CC\C=C/C=C\C=C/C=C\C=C/CCCC(=O)OC(COC(=O)CCCCCCC\C=C/C=C\C=C/C=C\CC)COC(=O)CCCCCCC\C=C/C=C\C=C/CC. The van der Waals surface area contributed by atoms with Crippen molar-refractivity contribution in [2.45, 2.75) is 155 Å². The average molecular weight is 811 g/mol. The fraction of sp³-hybridized carbons (Fsp3) is 0.491. The lowest BCUT2D eigenvalue weighted by molar-refractivity contribution is -0.167. The average Bonchev–Trinajstić information content (AvgIpc) is 3.23. The van der Waals surface area contributed by atoms with Crippen LogP contribution in [0.4, 0.5) is 0 Å². The highest BCUT2D eigenvalue weighted by atomic mass is 16.6. The van der Waals surface area contributed by atoms with Gasteiger partial charge in [0.05, 0.1) is 0 Å². The minimum Gasteiger partial charge on any atom is -0.462 e. The summed E-state index contributed by atoms with van der Waals surface area (Å²) in [6.07, 6.45) is 65.5. The highest BCUT2D eigenvalue weighted by Crippen LogP contribution is 2.11. The Morgan fingerprint density at radius 3 is 1.00 bits per heavy atom. The Balaban J connectivity index is 4.61. The maximum Gasteiger partial charge on any atom is 0.306 e. The van der Waals surface area contributed by atoms with E-state index in [2.05, 4.69) is 81.5 Å². The van der Waals surface area contributed by atoms with E-state index in [1.807, 2.05) is 85.1 Å². The van der Waals surface area contributed by atoms with E-state index in [1.54, 1.807) is 0 Å². The predicted octanol–water partition coefficient (Wildman–Crippen LogP) is 14.5. The van der Waals surface area contributed by atoms with Crippen LogP contribution in [0.5, 0.6) is 0 Å². The van der Waals surface area contributed by atoms with Gasteiger partial charge in [0.25, 0.3) is 0 Å². The zero-order chi connectivity index (χ0) is 43.0. The maximum absolute atomic E-state index is 12.7. The van der Waals surface area contributed by atoms with E-state index in [1.165, 1.54) is 0 Å². The summed E-state index contributed by atoms with van der Waals surface area (Å²) in [5.74, 6) is -1.07. The van der Waals surface area contributed by atoms with Crippen LogP contribution in [0.3, 0.4) is 0 Å². The first-order valence-electron chi connectivity index (χ1n) is 22.5. The predicted molar refractivity (Wildman–Crippen MR) is 251 cm³/mol. The molecule has 0 aliphatic rings. The van der Waals surface area contributed by atoms with Crippen molar-refractivity contribution in [1.82, 2.24) is 0 Å². The van der Waals surface area contributed by atoms with E-state index in [0.29, 0.717) is 25.7 Å². The molecule has 0 N–H and O–H groups in total. The van der Waals surface area contributed by atoms with Gasteiger partial charge in [0, 0.05) is 19.3 Å². The molecule has 6 heteroatoms. The first-order valence-corrected chi connectivity index (χ1v) is 22.5. The lowest BCUT2D eigenvalue weighted by Crippen LogP contribution is -2.30. The Labute approximate surface area is 359 Å². The van der Waals surface area contributed by atoms with Crippen LogP contribution in [0.1, 0.15) is 149 Å². The van der Waals surface area contributed by atoms with E-state index in [0.717, 1.165) is 96.3 Å². The van der Waals surface area contributed by atoms with Crippen molar-refractivity contribution < 1.29 is 28.6 Å². The summed E-state index contributed by atoms with van der Waals surface area (Å²) in [5, 5.41) is 0. The second-order valence-electron chi connectivity index (χ2n) is 14.1. The molecule has 0 saturated carbocycles. The number of esters is 3. The third kappa shape index (κ3) is 44.2. The molecule has 1 unspecified atom stereocenters. The van der Waals surface area contributed by atoms with Crippen molar-refractivity contribution in [2.75, 3.05) is 13.2 Å². The van der Waals surface area contributed by atoms with Crippen LogP contribution in [-0.4, -0.2) is 37.2 Å². The van der Waals surface area contributed by atoms with E-state index in [9.17, 15) is 14.4 Å². The molecule has 0 aromatic rings. The number of allylic oxidation sites excluding steroid dienone is 24. The Kier molecular flexibility index (Phi) is 42.3. The van der Waals surface area contributed by atoms with Gasteiger partial charge in [-0.3, -0.25) is 14.4 Å². The third-order valence-corrected chi connectivity index (χ3v) is 8.60. The maximum atomic E-state index is 12.7. The molecule has 0 rings (SSSR count). The quantitative estimate of drug-likeness (QED) is 0.0269. The monoisotopic (exact) mass is 811 g/mol. The molecule has 0 aromatic carbocycles. The second kappa shape index (κ2) is 46.0. The molecular weight excluding hydrogens is 733 g/mol. The molecule has 0 aromatic heterocycles. The highest BCUT2D eigenvalue weighted by Gasteiger charge is 2.19. The topological polar surface area (TPSA) is 78.9 Å². The van der Waals surface area contributed by atoms with Crippen LogP contribution in [0.2, 0.25) is 0 Å². The Bertz CT molecular complexity index is 1390. The zero-order valence-electron chi connectivity index (χ0n) is 36.9. The summed E-state index contributed by atoms with van der Waals surface area (Å²) in [7, 11) is 0. The minimum atomic E-state index is -0.838. The summed E-state index contributed by atoms with van der Waals surface area (Å²) in [5.41, 5.74) is 0. The van der Waals surface area contributed by atoms with Gasteiger partial charge in [-0.1, -0.05) is 205 Å². The molecule has 0 heterocycles. The highest BCUT2D eigenvalue weighted by molar-refractivity contribution is 5.71. The molecular formula is C53H78O6. The number of hydrogen-bond donors (Lipinski definition) is 0. The first-order chi connectivity index (χ1) is 29.0. The molecule has 0 spiro atoms. The number of carbonyl (C=O) groups excluding carboxylic acids is 3.